The highest BCUT2D eigenvalue weighted by Crippen LogP contribution is 2.14. The van der Waals surface area contributed by atoms with Crippen LogP contribution in [0.1, 0.15) is 43.9 Å². The summed E-state index contributed by atoms with van der Waals surface area (Å²) in [5.41, 5.74) is 2.99. The fraction of sp³-hybridized carbons (Fsp3) is 0.375. The minimum Gasteiger partial charge on any atom is -0.444 e. The van der Waals surface area contributed by atoms with E-state index in [2.05, 4.69) is 53.4 Å². The molecule has 0 aliphatic rings. The zero-order chi connectivity index (χ0) is 27.2. The highest BCUT2D eigenvalue weighted by Gasteiger charge is 2.22. The Morgan fingerprint density at radius 1 is 0.684 bits per heavy atom. The summed E-state index contributed by atoms with van der Waals surface area (Å²) < 4.78 is 5.70. The van der Waals surface area contributed by atoms with Gasteiger partial charge in [-0.2, -0.15) is 0 Å². The minimum absolute atomic E-state index is 0.347. The molecule has 0 fully saturated rings. The van der Waals surface area contributed by atoms with E-state index >= 15 is 0 Å². The van der Waals surface area contributed by atoms with Gasteiger partial charge in [0.2, 0.25) is 6.41 Å². The third-order valence-electron chi connectivity index (χ3n) is 6.09. The van der Waals surface area contributed by atoms with E-state index in [1.807, 2.05) is 63.2 Å². The highest BCUT2D eigenvalue weighted by molar-refractivity contribution is 5.68. The van der Waals surface area contributed by atoms with Gasteiger partial charge in [-0.1, -0.05) is 91.0 Å². The van der Waals surface area contributed by atoms with Gasteiger partial charge >= 0.3 is 6.09 Å². The van der Waals surface area contributed by atoms with Crippen LogP contribution in [0.3, 0.4) is 0 Å². The van der Waals surface area contributed by atoms with Crippen molar-refractivity contribution in [2.45, 2.75) is 52.4 Å². The molecule has 0 spiro atoms. The Hall–Kier alpha value is -3.64. The number of hydrogen-bond donors (Lipinski definition) is 0. The SMILES string of the molecule is CC(C)(C)OC(=O)N(CCCN(Cc1ccccc1)Cc1ccccc1)CCN(C=O)Cc1ccccc1. The van der Waals surface area contributed by atoms with Gasteiger partial charge in [-0.05, 0) is 43.9 Å². The van der Waals surface area contributed by atoms with E-state index in [9.17, 15) is 9.59 Å². The summed E-state index contributed by atoms with van der Waals surface area (Å²) in [6.07, 6.45) is 1.29. The average molecular weight is 516 g/mol. The first kappa shape index (κ1) is 28.9. The molecule has 0 saturated heterocycles. The summed E-state index contributed by atoms with van der Waals surface area (Å²) in [5.74, 6) is 0. The third-order valence-corrected chi connectivity index (χ3v) is 6.09. The molecule has 2 amide bonds. The summed E-state index contributed by atoms with van der Waals surface area (Å²) >= 11 is 0. The molecule has 0 atom stereocenters. The molecule has 0 heterocycles. The van der Waals surface area contributed by atoms with E-state index in [1.54, 1.807) is 9.80 Å². The largest absolute Gasteiger partial charge is 0.444 e. The molecule has 0 N–H and O–H groups in total. The van der Waals surface area contributed by atoms with Crippen molar-refractivity contribution in [1.29, 1.82) is 0 Å². The van der Waals surface area contributed by atoms with Crippen LogP contribution in [0, 0.1) is 0 Å². The number of carbonyl (C=O) groups is 2. The first-order valence-corrected chi connectivity index (χ1v) is 13.3. The number of nitrogens with zero attached hydrogens (tertiary/aromatic N) is 3. The maximum atomic E-state index is 13.1. The molecule has 0 saturated carbocycles. The molecular formula is C32H41N3O3. The van der Waals surface area contributed by atoms with Gasteiger partial charge in [0.1, 0.15) is 5.60 Å². The zero-order valence-electron chi connectivity index (χ0n) is 23.0. The lowest BCUT2D eigenvalue weighted by Gasteiger charge is -2.30. The maximum absolute atomic E-state index is 13.1. The lowest BCUT2D eigenvalue weighted by molar-refractivity contribution is -0.118. The van der Waals surface area contributed by atoms with Crippen LogP contribution in [0.4, 0.5) is 4.79 Å². The Bertz CT molecular complexity index is 1040. The van der Waals surface area contributed by atoms with Crippen molar-refractivity contribution in [3.05, 3.63) is 108 Å². The molecule has 0 aliphatic carbocycles. The molecule has 6 heteroatoms. The number of carbonyl (C=O) groups excluding carboxylic acids is 2. The van der Waals surface area contributed by atoms with Crippen LogP contribution in [0.2, 0.25) is 0 Å². The summed E-state index contributed by atoms with van der Waals surface area (Å²) in [7, 11) is 0. The van der Waals surface area contributed by atoms with Crippen molar-refractivity contribution >= 4 is 12.5 Å². The van der Waals surface area contributed by atoms with Crippen LogP contribution in [-0.4, -0.2) is 59.0 Å². The Morgan fingerprint density at radius 2 is 1.16 bits per heavy atom. The molecule has 3 aromatic rings. The van der Waals surface area contributed by atoms with Gasteiger partial charge in [-0.15, -0.1) is 0 Å². The maximum Gasteiger partial charge on any atom is 0.410 e. The van der Waals surface area contributed by atoms with E-state index in [4.69, 9.17) is 4.74 Å². The molecule has 3 rings (SSSR count). The second-order valence-electron chi connectivity index (χ2n) is 10.6. The Kier molecular flexibility index (Phi) is 11.4. The number of rotatable bonds is 14. The summed E-state index contributed by atoms with van der Waals surface area (Å²) in [5, 5.41) is 0. The molecule has 38 heavy (non-hydrogen) atoms. The predicted octanol–water partition coefficient (Wildman–Crippen LogP) is 5.97. The first-order chi connectivity index (χ1) is 18.3. The van der Waals surface area contributed by atoms with Gasteiger partial charge < -0.3 is 14.5 Å². The van der Waals surface area contributed by atoms with Gasteiger partial charge in [-0.25, -0.2) is 4.79 Å². The Labute approximate surface area is 227 Å². The molecule has 3 aromatic carbocycles. The average Bonchev–Trinajstić information content (AvgIpc) is 2.90. The second-order valence-corrected chi connectivity index (χ2v) is 10.6. The van der Waals surface area contributed by atoms with Gasteiger partial charge in [0.05, 0.1) is 0 Å². The first-order valence-electron chi connectivity index (χ1n) is 13.3. The second kappa shape index (κ2) is 14.9. The van der Waals surface area contributed by atoms with Gasteiger partial charge in [0, 0.05) is 45.8 Å². The van der Waals surface area contributed by atoms with Crippen molar-refractivity contribution in [2.75, 3.05) is 26.2 Å². The predicted molar refractivity (Wildman–Crippen MR) is 152 cm³/mol. The quantitative estimate of drug-likeness (QED) is 0.248. The molecule has 0 aliphatic heterocycles. The van der Waals surface area contributed by atoms with Gasteiger partial charge in [0.25, 0.3) is 0 Å². The number of benzene rings is 3. The summed E-state index contributed by atoms with van der Waals surface area (Å²) in [6, 6.07) is 30.8. The standard InChI is InChI=1S/C32H41N3O3/c1-32(2,3)38-31(37)35(23-22-34(27-36)26-30-18-11-6-12-19-30)21-13-20-33(24-28-14-7-4-8-15-28)25-29-16-9-5-10-17-29/h4-12,14-19,27H,13,20-26H2,1-3H3. The number of hydrogen-bond acceptors (Lipinski definition) is 4. The molecule has 0 bridgehead atoms. The normalized spacial score (nSPS) is 11.3. The van der Waals surface area contributed by atoms with Crippen LogP contribution in [0.5, 0.6) is 0 Å². The van der Waals surface area contributed by atoms with Crippen molar-refractivity contribution in [3.8, 4) is 0 Å². The molecule has 0 unspecified atom stereocenters. The van der Waals surface area contributed by atoms with E-state index in [-0.39, 0.29) is 6.09 Å². The van der Waals surface area contributed by atoms with Crippen LogP contribution in [0.25, 0.3) is 0 Å². The van der Waals surface area contributed by atoms with E-state index in [1.165, 1.54) is 11.1 Å². The summed E-state index contributed by atoms with van der Waals surface area (Å²) in [4.78, 5) is 30.7. The third kappa shape index (κ3) is 10.8. The Balaban J connectivity index is 1.63. The van der Waals surface area contributed by atoms with E-state index in [0.29, 0.717) is 26.2 Å². The lowest BCUT2D eigenvalue weighted by atomic mass is 10.1. The smallest absolute Gasteiger partial charge is 0.410 e. The number of ether oxygens (including phenoxy) is 1. The molecule has 0 aromatic heterocycles. The zero-order valence-corrected chi connectivity index (χ0v) is 23.0. The molecule has 202 valence electrons. The van der Waals surface area contributed by atoms with Crippen LogP contribution < -0.4 is 0 Å². The lowest BCUT2D eigenvalue weighted by Crippen LogP contribution is -2.42. The minimum atomic E-state index is -0.587. The van der Waals surface area contributed by atoms with E-state index < -0.39 is 5.60 Å². The van der Waals surface area contributed by atoms with Crippen molar-refractivity contribution in [3.63, 3.8) is 0 Å². The molecular weight excluding hydrogens is 474 g/mol. The van der Waals surface area contributed by atoms with Crippen LogP contribution in [0.15, 0.2) is 91.0 Å². The van der Waals surface area contributed by atoms with Crippen molar-refractivity contribution < 1.29 is 14.3 Å². The van der Waals surface area contributed by atoms with Crippen molar-refractivity contribution in [2.24, 2.45) is 0 Å². The topological polar surface area (TPSA) is 53.1 Å². The number of amides is 2. The van der Waals surface area contributed by atoms with Gasteiger partial charge in [0.15, 0.2) is 0 Å². The fourth-order valence-corrected chi connectivity index (χ4v) is 4.24. The van der Waals surface area contributed by atoms with E-state index in [0.717, 1.165) is 38.0 Å². The Morgan fingerprint density at radius 3 is 1.61 bits per heavy atom. The summed E-state index contributed by atoms with van der Waals surface area (Å²) in [6.45, 7) is 10.0. The van der Waals surface area contributed by atoms with Crippen molar-refractivity contribution in [1.82, 2.24) is 14.7 Å². The van der Waals surface area contributed by atoms with Gasteiger partial charge in [-0.3, -0.25) is 9.69 Å². The fourth-order valence-electron chi connectivity index (χ4n) is 4.24. The molecule has 6 nitrogen and oxygen atoms in total. The highest BCUT2D eigenvalue weighted by atomic mass is 16.6. The van der Waals surface area contributed by atoms with Crippen LogP contribution in [-0.2, 0) is 29.2 Å². The molecule has 0 radical (unpaired) electrons. The monoisotopic (exact) mass is 515 g/mol. The van der Waals surface area contributed by atoms with Crippen LogP contribution >= 0.6 is 0 Å².